The van der Waals surface area contributed by atoms with Gasteiger partial charge < -0.3 is 14.2 Å². The summed E-state index contributed by atoms with van der Waals surface area (Å²) in [5.74, 6) is -0.382. The molecule has 1 aromatic rings. The van der Waals surface area contributed by atoms with Crippen molar-refractivity contribution in [1.29, 1.82) is 0 Å². The molecule has 1 heterocycles. The Morgan fingerprint density at radius 1 is 1.17 bits per heavy atom. The lowest BCUT2D eigenvalue weighted by Gasteiger charge is -2.26. The van der Waals surface area contributed by atoms with Gasteiger partial charge in [0.2, 0.25) is 0 Å². The molecule has 1 saturated heterocycles. The largest absolute Gasteiger partial charge is 0.462 e. The smallest absolute Gasteiger partial charge is 0.411 e. The van der Waals surface area contributed by atoms with Crippen LogP contribution in [0.3, 0.4) is 0 Å². The minimum absolute atomic E-state index is 0.326. The number of hydrogen-bond donors (Lipinski definition) is 1. The zero-order chi connectivity index (χ0) is 16.5. The van der Waals surface area contributed by atoms with Crippen LogP contribution in [0.25, 0.3) is 0 Å². The Morgan fingerprint density at radius 2 is 1.87 bits per heavy atom. The summed E-state index contributed by atoms with van der Waals surface area (Å²) in [6.45, 7) is 6.26. The molecule has 2 rings (SSSR count). The molecule has 1 aliphatic heterocycles. The molecule has 0 bridgehead atoms. The van der Waals surface area contributed by atoms with E-state index in [1.807, 2.05) is 0 Å². The number of carbonyl (C=O) groups is 2. The standard InChI is InChI=1S/C16H22N2O5/c1-2-22-15(19)13-3-5-14(6-4-13)17-16(20)23-12-9-18-7-10-21-11-8-18/h3-6H,2,7-12H2,1H3,(H,17,20). The minimum Gasteiger partial charge on any atom is -0.462 e. The summed E-state index contributed by atoms with van der Waals surface area (Å²) >= 11 is 0. The van der Waals surface area contributed by atoms with E-state index >= 15 is 0 Å². The molecule has 1 aliphatic rings. The van der Waals surface area contributed by atoms with E-state index in [9.17, 15) is 9.59 Å². The van der Waals surface area contributed by atoms with Gasteiger partial charge in [0, 0.05) is 25.3 Å². The quantitative estimate of drug-likeness (QED) is 0.804. The lowest BCUT2D eigenvalue weighted by molar-refractivity contribution is 0.0290. The highest BCUT2D eigenvalue weighted by Gasteiger charge is 2.11. The molecule has 0 unspecified atom stereocenters. The van der Waals surface area contributed by atoms with E-state index < -0.39 is 6.09 Å². The van der Waals surface area contributed by atoms with Crippen LogP contribution in [0.2, 0.25) is 0 Å². The van der Waals surface area contributed by atoms with Crippen LogP contribution >= 0.6 is 0 Å². The maximum Gasteiger partial charge on any atom is 0.411 e. The number of amides is 1. The van der Waals surface area contributed by atoms with Crippen LogP contribution < -0.4 is 5.32 Å². The Balaban J connectivity index is 1.71. The van der Waals surface area contributed by atoms with Crippen LogP contribution in [0, 0.1) is 0 Å². The van der Waals surface area contributed by atoms with Gasteiger partial charge in [-0.15, -0.1) is 0 Å². The molecular formula is C16H22N2O5. The number of hydrogen-bond acceptors (Lipinski definition) is 6. The van der Waals surface area contributed by atoms with Gasteiger partial charge in [-0.05, 0) is 31.2 Å². The lowest BCUT2D eigenvalue weighted by Crippen LogP contribution is -2.38. The van der Waals surface area contributed by atoms with Gasteiger partial charge in [-0.2, -0.15) is 0 Å². The molecule has 0 saturated carbocycles. The van der Waals surface area contributed by atoms with Crippen molar-refractivity contribution in [1.82, 2.24) is 4.90 Å². The molecule has 0 aliphatic carbocycles. The zero-order valence-electron chi connectivity index (χ0n) is 13.2. The number of carbonyl (C=O) groups excluding carboxylic acids is 2. The van der Waals surface area contributed by atoms with Gasteiger partial charge >= 0.3 is 12.1 Å². The van der Waals surface area contributed by atoms with Crippen LogP contribution in [-0.2, 0) is 14.2 Å². The number of benzene rings is 1. The highest BCUT2D eigenvalue weighted by Crippen LogP contribution is 2.11. The van der Waals surface area contributed by atoms with Gasteiger partial charge in [-0.1, -0.05) is 0 Å². The van der Waals surface area contributed by atoms with Crippen molar-refractivity contribution in [3.05, 3.63) is 29.8 Å². The first kappa shape index (κ1) is 17.2. The van der Waals surface area contributed by atoms with Crippen molar-refractivity contribution in [3.63, 3.8) is 0 Å². The summed E-state index contributed by atoms with van der Waals surface area (Å²) in [5.41, 5.74) is 1.01. The number of nitrogens with one attached hydrogen (secondary N) is 1. The second kappa shape index (κ2) is 9.12. The van der Waals surface area contributed by atoms with Gasteiger partial charge in [-0.3, -0.25) is 10.2 Å². The molecule has 1 aromatic carbocycles. The van der Waals surface area contributed by atoms with Crippen molar-refractivity contribution < 1.29 is 23.8 Å². The fraction of sp³-hybridized carbons (Fsp3) is 0.500. The van der Waals surface area contributed by atoms with Crippen molar-refractivity contribution in [2.75, 3.05) is 51.4 Å². The van der Waals surface area contributed by atoms with Crippen LogP contribution in [-0.4, -0.2) is 63.0 Å². The van der Waals surface area contributed by atoms with Crippen LogP contribution in [0.5, 0.6) is 0 Å². The van der Waals surface area contributed by atoms with Crippen LogP contribution in [0.1, 0.15) is 17.3 Å². The van der Waals surface area contributed by atoms with Gasteiger partial charge in [0.25, 0.3) is 0 Å². The Bertz CT molecular complexity index is 512. The highest BCUT2D eigenvalue weighted by atomic mass is 16.5. The molecule has 0 spiro atoms. The third-order valence-electron chi connectivity index (χ3n) is 3.39. The van der Waals surface area contributed by atoms with Gasteiger partial charge in [0.1, 0.15) is 6.61 Å². The van der Waals surface area contributed by atoms with E-state index in [0.29, 0.717) is 31.0 Å². The summed E-state index contributed by atoms with van der Waals surface area (Å²) < 4.78 is 15.3. The lowest BCUT2D eigenvalue weighted by atomic mass is 10.2. The summed E-state index contributed by atoms with van der Waals surface area (Å²) in [6, 6.07) is 6.47. The Morgan fingerprint density at radius 3 is 2.52 bits per heavy atom. The van der Waals surface area contributed by atoms with Crippen molar-refractivity contribution in [2.24, 2.45) is 0 Å². The van der Waals surface area contributed by atoms with Crippen LogP contribution in [0.15, 0.2) is 24.3 Å². The normalized spacial score (nSPS) is 15.0. The molecular weight excluding hydrogens is 300 g/mol. The number of rotatable bonds is 6. The fourth-order valence-corrected chi connectivity index (χ4v) is 2.15. The predicted molar refractivity (Wildman–Crippen MR) is 84.6 cm³/mol. The first-order chi connectivity index (χ1) is 11.2. The summed E-state index contributed by atoms with van der Waals surface area (Å²) in [5, 5.41) is 2.62. The Hall–Kier alpha value is -2.12. The summed E-state index contributed by atoms with van der Waals surface area (Å²) in [6.07, 6.45) is -0.512. The molecule has 23 heavy (non-hydrogen) atoms. The highest BCUT2D eigenvalue weighted by molar-refractivity contribution is 5.91. The van der Waals surface area contributed by atoms with E-state index in [1.165, 1.54) is 0 Å². The number of ether oxygens (including phenoxy) is 3. The van der Waals surface area contributed by atoms with Gasteiger partial charge in [0.15, 0.2) is 0 Å². The number of morpholine rings is 1. The third-order valence-corrected chi connectivity index (χ3v) is 3.39. The predicted octanol–water partition coefficient (Wildman–Crippen LogP) is 1.74. The fourth-order valence-electron chi connectivity index (χ4n) is 2.15. The average Bonchev–Trinajstić information content (AvgIpc) is 2.57. The number of esters is 1. The van der Waals surface area contributed by atoms with E-state index in [0.717, 1.165) is 26.3 Å². The maximum absolute atomic E-state index is 11.7. The number of anilines is 1. The second-order valence-electron chi connectivity index (χ2n) is 5.01. The Kier molecular flexibility index (Phi) is 6.83. The second-order valence-corrected chi connectivity index (χ2v) is 5.01. The average molecular weight is 322 g/mol. The molecule has 126 valence electrons. The topological polar surface area (TPSA) is 77.1 Å². The van der Waals surface area contributed by atoms with Gasteiger partial charge in [0.05, 0.1) is 25.4 Å². The first-order valence-corrected chi connectivity index (χ1v) is 7.70. The minimum atomic E-state index is -0.512. The monoisotopic (exact) mass is 322 g/mol. The van der Waals surface area contributed by atoms with E-state index in [-0.39, 0.29) is 5.97 Å². The molecule has 7 heteroatoms. The molecule has 0 aromatic heterocycles. The summed E-state index contributed by atoms with van der Waals surface area (Å²) in [7, 11) is 0. The number of nitrogens with zero attached hydrogens (tertiary/aromatic N) is 1. The molecule has 1 N–H and O–H groups in total. The molecule has 0 atom stereocenters. The Labute approximate surface area is 135 Å². The molecule has 0 radical (unpaired) electrons. The van der Waals surface area contributed by atoms with E-state index in [2.05, 4.69) is 10.2 Å². The molecule has 1 fully saturated rings. The van der Waals surface area contributed by atoms with Crippen molar-refractivity contribution in [2.45, 2.75) is 6.92 Å². The maximum atomic E-state index is 11.7. The SMILES string of the molecule is CCOC(=O)c1ccc(NC(=O)OCCN2CCOCC2)cc1. The first-order valence-electron chi connectivity index (χ1n) is 7.70. The van der Waals surface area contributed by atoms with E-state index in [4.69, 9.17) is 14.2 Å². The zero-order valence-corrected chi connectivity index (χ0v) is 13.2. The van der Waals surface area contributed by atoms with Crippen molar-refractivity contribution >= 4 is 17.7 Å². The van der Waals surface area contributed by atoms with Crippen LogP contribution in [0.4, 0.5) is 10.5 Å². The summed E-state index contributed by atoms with van der Waals surface area (Å²) in [4.78, 5) is 25.4. The molecule has 7 nitrogen and oxygen atoms in total. The third kappa shape index (κ3) is 5.88. The van der Waals surface area contributed by atoms with E-state index in [1.54, 1.807) is 31.2 Å². The van der Waals surface area contributed by atoms with Gasteiger partial charge in [-0.25, -0.2) is 9.59 Å². The molecule has 1 amide bonds. The van der Waals surface area contributed by atoms with Crippen molar-refractivity contribution in [3.8, 4) is 0 Å².